The second-order valence-corrected chi connectivity index (χ2v) is 6.99. The molecule has 0 aromatic heterocycles. The third-order valence-corrected chi connectivity index (χ3v) is 5.39. The Labute approximate surface area is 147 Å². The number of rotatable bonds is 5. The molecule has 1 aliphatic carbocycles. The molecule has 4 rings (SSSR count). The Morgan fingerprint density at radius 2 is 2.00 bits per heavy atom. The molecule has 1 aromatic rings. The molecule has 0 radical (unpaired) electrons. The minimum atomic E-state index is -0.695. The highest BCUT2D eigenvalue weighted by Gasteiger charge is 2.65. The van der Waals surface area contributed by atoms with E-state index >= 15 is 0 Å². The molecule has 1 saturated carbocycles. The predicted molar refractivity (Wildman–Crippen MR) is 88.1 cm³/mol. The number of ether oxygens (including phenoxy) is 4. The van der Waals surface area contributed by atoms with E-state index in [1.54, 1.807) is 7.11 Å². The normalized spacial score (nSPS) is 39.2. The standard InChI is InChI=1S/C19H24O6/c1-3-4-12(20)14-15-16(21)17-13(24-18(14)15)9-23-19(25-17)10-5-7-11(22-2)8-6-10/h5-8,13-19,21H,3-4,9H2,1-2H3/t13-,14+,15-,16-,17-,18-,19?/m1/s1. The SMILES string of the molecule is CCCC(=O)[C@@H]1[C@H]2O[C@@H]3COC(c4ccc(OC)cc4)O[C@H]3[C@H](O)[C@H]21. The molecule has 6 nitrogen and oxygen atoms in total. The summed E-state index contributed by atoms with van der Waals surface area (Å²) >= 11 is 0. The fourth-order valence-corrected chi connectivity index (χ4v) is 4.02. The number of aliphatic hydroxyl groups excluding tert-OH is 1. The number of aliphatic hydroxyl groups is 1. The van der Waals surface area contributed by atoms with Gasteiger partial charge in [0.2, 0.25) is 0 Å². The maximum absolute atomic E-state index is 12.2. The first-order chi connectivity index (χ1) is 12.1. The van der Waals surface area contributed by atoms with Gasteiger partial charge in [-0.15, -0.1) is 0 Å². The second kappa shape index (κ2) is 6.68. The van der Waals surface area contributed by atoms with Crippen molar-refractivity contribution in [3.8, 4) is 5.75 Å². The van der Waals surface area contributed by atoms with Gasteiger partial charge in [-0.1, -0.05) is 19.1 Å². The number of Topliss-reactive ketones (excluding diaryl/α,β-unsaturated/α-hetero) is 1. The van der Waals surface area contributed by atoms with Gasteiger partial charge in [-0.2, -0.15) is 0 Å². The van der Waals surface area contributed by atoms with Crippen molar-refractivity contribution in [2.75, 3.05) is 13.7 Å². The summed E-state index contributed by atoms with van der Waals surface area (Å²) in [7, 11) is 1.62. The van der Waals surface area contributed by atoms with Crippen LogP contribution in [0.25, 0.3) is 0 Å². The Morgan fingerprint density at radius 3 is 2.68 bits per heavy atom. The quantitative estimate of drug-likeness (QED) is 0.875. The molecule has 3 aliphatic rings. The summed E-state index contributed by atoms with van der Waals surface area (Å²) in [5.41, 5.74) is 0.864. The van der Waals surface area contributed by atoms with Crippen LogP contribution in [0.15, 0.2) is 24.3 Å². The van der Waals surface area contributed by atoms with Crippen LogP contribution in [0.2, 0.25) is 0 Å². The van der Waals surface area contributed by atoms with E-state index in [9.17, 15) is 9.90 Å². The number of carbonyl (C=O) groups excluding carboxylic acids is 1. The van der Waals surface area contributed by atoms with Gasteiger partial charge in [0.05, 0.1) is 31.8 Å². The predicted octanol–water partition coefficient (Wildman–Crippen LogP) is 1.85. The van der Waals surface area contributed by atoms with Crippen LogP contribution in [0, 0.1) is 11.8 Å². The lowest BCUT2D eigenvalue weighted by atomic mass is 9.98. The van der Waals surface area contributed by atoms with E-state index in [1.807, 2.05) is 31.2 Å². The minimum Gasteiger partial charge on any atom is -0.497 e. The number of ketones is 1. The largest absolute Gasteiger partial charge is 0.497 e. The van der Waals surface area contributed by atoms with Crippen LogP contribution in [-0.2, 0) is 19.0 Å². The van der Waals surface area contributed by atoms with Crippen LogP contribution in [0.1, 0.15) is 31.6 Å². The molecular weight excluding hydrogens is 324 g/mol. The topological polar surface area (TPSA) is 74.2 Å². The Kier molecular flexibility index (Phi) is 4.54. The molecule has 2 heterocycles. The van der Waals surface area contributed by atoms with E-state index in [-0.39, 0.29) is 29.8 Å². The molecule has 0 amide bonds. The van der Waals surface area contributed by atoms with Crippen LogP contribution in [-0.4, -0.2) is 49.0 Å². The summed E-state index contributed by atoms with van der Waals surface area (Å²) in [6.07, 6.45) is -0.873. The lowest BCUT2D eigenvalue weighted by molar-refractivity contribution is -0.300. The molecule has 6 heteroatoms. The Morgan fingerprint density at radius 1 is 1.24 bits per heavy atom. The summed E-state index contributed by atoms with van der Waals surface area (Å²) in [6.45, 7) is 2.33. The Hall–Kier alpha value is -1.47. The first kappa shape index (κ1) is 17.0. The zero-order chi connectivity index (χ0) is 17.6. The molecule has 1 N–H and O–H groups in total. The molecule has 2 saturated heterocycles. The zero-order valence-electron chi connectivity index (χ0n) is 14.5. The number of fused-ring (bicyclic) bond motifs is 2. The van der Waals surface area contributed by atoms with Gasteiger partial charge in [-0.05, 0) is 18.6 Å². The summed E-state index contributed by atoms with van der Waals surface area (Å²) in [4.78, 5) is 12.2. The van der Waals surface area contributed by atoms with Gasteiger partial charge in [0.25, 0.3) is 0 Å². The molecular formula is C19H24O6. The minimum absolute atomic E-state index is 0.144. The highest BCUT2D eigenvalue weighted by molar-refractivity contribution is 5.85. The number of methoxy groups -OCH3 is 1. The second-order valence-electron chi connectivity index (χ2n) is 6.99. The van der Waals surface area contributed by atoms with E-state index in [1.165, 1.54) is 0 Å². The molecule has 1 aromatic carbocycles. The smallest absolute Gasteiger partial charge is 0.184 e. The van der Waals surface area contributed by atoms with Crippen LogP contribution >= 0.6 is 0 Å². The highest BCUT2D eigenvalue weighted by Crippen LogP contribution is 2.52. The fourth-order valence-electron chi connectivity index (χ4n) is 4.02. The van der Waals surface area contributed by atoms with Crippen molar-refractivity contribution in [1.29, 1.82) is 0 Å². The molecule has 0 bridgehead atoms. The Balaban J connectivity index is 1.45. The van der Waals surface area contributed by atoms with Gasteiger partial charge in [0.15, 0.2) is 6.29 Å². The van der Waals surface area contributed by atoms with Crippen molar-refractivity contribution in [3.63, 3.8) is 0 Å². The van der Waals surface area contributed by atoms with Crippen molar-refractivity contribution in [3.05, 3.63) is 29.8 Å². The van der Waals surface area contributed by atoms with Gasteiger partial charge in [0.1, 0.15) is 23.7 Å². The van der Waals surface area contributed by atoms with Crippen molar-refractivity contribution >= 4 is 5.78 Å². The van der Waals surface area contributed by atoms with Crippen molar-refractivity contribution < 1.29 is 28.8 Å². The van der Waals surface area contributed by atoms with E-state index in [0.29, 0.717) is 13.0 Å². The van der Waals surface area contributed by atoms with Crippen molar-refractivity contribution in [2.45, 2.75) is 50.5 Å². The number of benzene rings is 1. The first-order valence-corrected chi connectivity index (χ1v) is 8.91. The highest BCUT2D eigenvalue weighted by atomic mass is 16.7. The van der Waals surface area contributed by atoms with E-state index in [4.69, 9.17) is 18.9 Å². The maximum Gasteiger partial charge on any atom is 0.184 e. The molecule has 25 heavy (non-hydrogen) atoms. The van der Waals surface area contributed by atoms with E-state index < -0.39 is 18.5 Å². The lowest BCUT2D eigenvalue weighted by Crippen LogP contribution is -2.53. The van der Waals surface area contributed by atoms with Gasteiger partial charge in [0, 0.05) is 17.9 Å². The van der Waals surface area contributed by atoms with Crippen LogP contribution in [0.4, 0.5) is 0 Å². The molecule has 0 spiro atoms. The van der Waals surface area contributed by atoms with Crippen molar-refractivity contribution in [1.82, 2.24) is 0 Å². The number of hydrogen-bond acceptors (Lipinski definition) is 6. The summed E-state index contributed by atoms with van der Waals surface area (Å²) in [6, 6.07) is 7.46. The zero-order valence-corrected chi connectivity index (χ0v) is 14.5. The molecule has 7 atom stereocenters. The van der Waals surface area contributed by atoms with E-state index in [0.717, 1.165) is 17.7 Å². The van der Waals surface area contributed by atoms with Crippen molar-refractivity contribution in [2.24, 2.45) is 11.8 Å². The van der Waals surface area contributed by atoms with Crippen LogP contribution in [0.5, 0.6) is 5.75 Å². The molecule has 1 unspecified atom stereocenters. The molecule has 3 fully saturated rings. The summed E-state index contributed by atoms with van der Waals surface area (Å²) in [5, 5.41) is 10.7. The first-order valence-electron chi connectivity index (χ1n) is 8.91. The van der Waals surface area contributed by atoms with Gasteiger partial charge in [-0.3, -0.25) is 4.79 Å². The number of hydrogen-bond donors (Lipinski definition) is 1. The molecule has 136 valence electrons. The lowest BCUT2D eigenvalue weighted by Gasteiger charge is -2.41. The Bertz CT molecular complexity index is 629. The number of carbonyl (C=O) groups is 1. The third kappa shape index (κ3) is 2.97. The maximum atomic E-state index is 12.2. The van der Waals surface area contributed by atoms with Crippen LogP contribution in [0.3, 0.4) is 0 Å². The average molecular weight is 348 g/mol. The monoisotopic (exact) mass is 348 g/mol. The fraction of sp³-hybridized carbons (Fsp3) is 0.632. The molecule has 2 aliphatic heterocycles. The van der Waals surface area contributed by atoms with Crippen LogP contribution < -0.4 is 4.74 Å². The summed E-state index contributed by atoms with van der Waals surface area (Å²) < 4.78 is 22.9. The van der Waals surface area contributed by atoms with E-state index in [2.05, 4.69) is 0 Å². The third-order valence-electron chi connectivity index (χ3n) is 5.39. The van der Waals surface area contributed by atoms with Gasteiger partial charge < -0.3 is 24.1 Å². The van der Waals surface area contributed by atoms with Gasteiger partial charge in [-0.25, -0.2) is 0 Å². The van der Waals surface area contributed by atoms with Gasteiger partial charge >= 0.3 is 0 Å². The average Bonchev–Trinajstić information content (AvgIpc) is 3.36. The summed E-state index contributed by atoms with van der Waals surface area (Å²) in [5.74, 6) is 0.609.